The lowest BCUT2D eigenvalue weighted by Crippen LogP contribution is -2.16. The molecule has 0 aliphatic rings. The number of hydrogen-bond donors (Lipinski definition) is 3. The van der Waals surface area contributed by atoms with Crippen LogP contribution >= 0.6 is 0 Å². The van der Waals surface area contributed by atoms with E-state index in [4.69, 9.17) is 5.11 Å². The standard InChI is InChI=1S/C14H9F2NO4/c15-7-4-5-8(14(20)21)10(6-7)17-13(19)12-9(16)2-1-3-11(12)18/h1-6,18H,(H,17,19)(H,20,21). The Morgan fingerprint density at radius 1 is 1.10 bits per heavy atom. The third-order valence-electron chi connectivity index (χ3n) is 2.68. The Morgan fingerprint density at radius 3 is 2.43 bits per heavy atom. The van der Waals surface area contributed by atoms with Gasteiger partial charge in [-0.25, -0.2) is 13.6 Å². The van der Waals surface area contributed by atoms with Crippen molar-refractivity contribution in [3.05, 3.63) is 59.2 Å². The Kier molecular flexibility index (Phi) is 3.84. The van der Waals surface area contributed by atoms with E-state index >= 15 is 0 Å². The number of aromatic carboxylic acids is 1. The highest BCUT2D eigenvalue weighted by Gasteiger charge is 2.19. The zero-order chi connectivity index (χ0) is 15.6. The van der Waals surface area contributed by atoms with Gasteiger partial charge in [0.2, 0.25) is 0 Å². The average Bonchev–Trinajstić information content (AvgIpc) is 2.38. The van der Waals surface area contributed by atoms with E-state index in [9.17, 15) is 23.5 Å². The fourth-order valence-electron chi connectivity index (χ4n) is 1.73. The maximum absolute atomic E-state index is 13.5. The molecule has 0 saturated heterocycles. The van der Waals surface area contributed by atoms with Gasteiger partial charge in [0.25, 0.3) is 5.91 Å². The molecular weight excluding hydrogens is 284 g/mol. The number of phenols is 1. The molecule has 0 spiro atoms. The molecule has 0 bridgehead atoms. The van der Waals surface area contributed by atoms with Crippen LogP contribution in [0.5, 0.6) is 5.75 Å². The monoisotopic (exact) mass is 293 g/mol. The highest BCUT2D eigenvalue weighted by Crippen LogP contribution is 2.23. The fourth-order valence-corrected chi connectivity index (χ4v) is 1.73. The number of carboxylic acid groups (broad SMARTS) is 1. The molecule has 0 heterocycles. The topological polar surface area (TPSA) is 86.6 Å². The van der Waals surface area contributed by atoms with Gasteiger partial charge >= 0.3 is 5.97 Å². The molecule has 0 aromatic heterocycles. The van der Waals surface area contributed by atoms with Crippen LogP contribution in [0, 0.1) is 11.6 Å². The van der Waals surface area contributed by atoms with E-state index in [1.807, 2.05) is 0 Å². The van der Waals surface area contributed by atoms with Crippen molar-refractivity contribution < 1.29 is 28.6 Å². The molecule has 0 atom stereocenters. The van der Waals surface area contributed by atoms with Gasteiger partial charge in [0.1, 0.15) is 22.9 Å². The van der Waals surface area contributed by atoms with Crippen molar-refractivity contribution in [2.45, 2.75) is 0 Å². The maximum atomic E-state index is 13.5. The van der Waals surface area contributed by atoms with Crippen LogP contribution in [-0.2, 0) is 0 Å². The summed E-state index contributed by atoms with van der Waals surface area (Å²) >= 11 is 0. The number of carbonyl (C=O) groups is 2. The largest absolute Gasteiger partial charge is 0.507 e. The lowest BCUT2D eigenvalue weighted by molar-refractivity contribution is 0.0698. The van der Waals surface area contributed by atoms with E-state index in [-0.39, 0.29) is 11.3 Å². The van der Waals surface area contributed by atoms with Gasteiger partial charge in [0.05, 0.1) is 11.3 Å². The molecule has 7 heteroatoms. The number of anilines is 1. The molecule has 21 heavy (non-hydrogen) atoms. The van der Waals surface area contributed by atoms with Crippen LogP contribution in [-0.4, -0.2) is 22.1 Å². The molecule has 2 aromatic rings. The lowest BCUT2D eigenvalue weighted by Gasteiger charge is -2.10. The molecule has 2 rings (SSSR count). The third kappa shape index (κ3) is 2.97. The van der Waals surface area contributed by atoms with Gasteiger partial charge in [0, 0.05) is 0 Å². The fraction of sp³-hybridized carbons (Fsp3) is 0. The quantitative estimate of drug-likeness (QED) is 0.812. The number of hydrogen-bond acceptors (Lipinski definition) is 3. The number of carboxylic acids is 1. The summed E-state index contributed by atoms with van der Waals surface area (Å²) in [5.74, 6) is -4.84. The van der Waals surface area contributed by atoms with Crippen LogP contribution in [0.15, 0.2) is 36.4 Å². The van der Waals surface area contributed by atoms with Crippen molar-refractivity contribution in [2.24, 2.45) is 0 Å². The van der Waals surface area contributed by atoms with Crippen LogP contribution in [0.4, 0.5) is 14.5 Å². The molecular formula is C14H9F2NO4. The molecule has 0 aliphatic heterocycles. The second kappa shape index (κ2) is 5.58. The molecule has 5 nitrogen and oxygen atoms in total. The SMILES string of the molecule is O=C(O)c1ccc(F)cc1NC(=O)c1c(O)cccc1F. The first-order valence-corrected chi connectivity index (χ1v) is 5.72. The second-order valence-corrected chi connectivity index (χ2v) is 4.08. The number of benzene rings is 2. The summed E-state index contributed by atoms with van der Waals surface area (Å²) in [7, 11) is 0. The number of amides is 1. The zero-order valence-corrected chi connectivity index (χ0v) is 10.4. The zero-order valence-electron chi connectivity index (χ0n) is 10.4. The van der Waals surface area contributed by atoms with E-state index in [0.29, 0.717) is 0 Å². The molecule has 0 unspecified atom stereocenters. The van der Waals surface area contributed by atoms with Crippen LogP contribution in [0.1, 0.15) is 20.7 Å². The van der Waals surface area contributed by atoms with Gasteiger partial charge in [-0.3, -0.25) is 4.79 Å². The van der Waals surface area contributed by atoms with Crippen LogP contribution < -0.4 is 5.32 Å². The van der Waals surface area contributed by atoms with Crippen LogP contribution in [0.25, 0.3) is 0 Å². The molecule has 2 aromatic carbocycles. The second-order valence-electron chi connectivity index (χ2n) is 4.08. The van der Waals surface area contributed by atoms with Crippen molar-refractivity contribution in [3.63, 3.8) is 0 Å². The van der Waals surface area contributed by atoms with E-state index in [0.717, 1.165) is 30.3 Å². The van der Waals surface area contributed by atoms with Crippen molar-refractivity contribution in [3.8, 4) is 5.75 Å². The van der Waals surface area contributed by atoms with Crippen molar-refractivity contribution in [2.75, 3.05) is 5.32 Å². The van der Waals surface area contributed by atoms with E-state index in [1.54, 1.807) is 0 Å². The molecule has 3 N–H and O–H groups in total. The maximum Gasteiger partial charge on any atom is 0.337 e. The van der Waals surface area contributed by atoms with Gasteiger partial charge in [0.15, 0.2) is 0 Å². The van der Waals surface area contributed by atoms with Gasteiger partial charge < -0.3 is 15.5 Å². The highest BCUT2D eigenvalue weighted by molar-refractivity contribution is 6.09. The summed E-state index contributed by atoms with van der Waals surface area (Å²) in [5.41, 5.74) is -1.35. The number of nitrogens with one attached hydrogen (secondary N) is 1. The molecule has 108 valence electrons. The van der Waals surface area contributed by atoms with Gasteiger partial charge in [-0.2, -0.15) is 0 Å². The number of halogens is 2. The van der Waals surface area contributed by atoms with Crippen molar-refractivity contribution >= 4 is 17.6 Å². The van der Waals surface area contributed by atoms with Crippen LogP contribution in [0.3, 0.4) is 0 Å². The minimum atomic E-state index is -1.39. The Labute approximate surface area is 117 Å². The summed E-state index contributed by atoms with van der Waals surface area (Å²) in [6.45, 7) is 0. The third-order valence-corrected chi connectivity index (χ3v) is 2.68. The first kappa shape index (κ1) is 14.4. The Hall–Kier alpha value is -2.96. The molecule has 0 saturated carbocycles. The van der Waals surface area contributed by atoms with E-state index in [2.05, 4.69) is 5.32 Å². The molecule has 0 aliphatic carbocycles. The van der Waals surface area contributed by atoms with Gasteiger partial charge in [-0.1, -0.05) is 6.07 Å². The van der Waals surface area contributed by atoms with Gasteiger partial charge in [-0.05, 0) is 30.3 Å². The Balaban J connectivity index is 2.40. The van der Waals surface area contributed by atoms with Crippen molar-refractivity contribution in [1.82, 2.24) is 0 Å². The highest BCUT2D eigenvalue weighted by atomic mass is 19.1. The first-order valence-electron chi connectivity index (χ1n) is 5.72. The number of rotatable bonds is 3. The Morgan fingerprint density at radius 2 is 1.81 bits per heavy atom. The minimum absolute atomic E-state index is 0.338. The number of aromatic hydroxyl groups is 1. The van der Waals surface area contributed by atoms with E-state index in [1.165, 1.54) is 6.07 Å². The number of carbonyl (C=O) groups excluding carboxylic acids is 1. The van der Waals surface area contributed by atoms with Crippen LogP contribution in [0.2, 0.25) is 0 Å². The Bertz CT molecular complexity index is 711. The average molecular weight is 293 g/mol. The van der Waals surface area contributed by atoms with E-state index < -0.39 is 34.8 Å². The number of phenolic OH excluding ortho intramolecular Hbond substituents is 1. The first-order chi connectivity index (χ1) is 9.90. The minimum Gasteiger partial charge on any atom is -0.507 e. The summed E-state index contributed by atoms with van der Waals surface area (Å²) < 4.78 is 26.7. The smallest absolute Gasteiger partial charge is 0.337 e. The summed E-state index contributed by atoms with van der Waals surface area (Å²) in [5, 5.41) is 20.5. The predicted octanol–water partition coefficient (Wildman–Crippen LogP) is 2.62. The lowest BCUT2D eigenvalue weighted by atomic mass is 10.1. The summed E-state index contributed by atoms with van der Waals surface area (Å²) in [6, 6.07) is 5.93. The molecule has 1 amide bonds. The normalized spacial score (nSPS) is 10.2. The van der Waals surface area contributed by atoms with Gasteiger partial charge in [-0.15, -0.1) is 0 Å². The predicted molar refractivity (Wildman–Crippen MR) is 69.4 cm³/mol. The molecule has 0 fully saturated rings. The summed E-state index contributed by atoms with van der Waals surface area (Å²) in [6.07, 6.45) is 0. The summed E-state index contributed by atoms with van der Waals surface area (Å²) in [4.78, 5) is 22.9. The molecule has 0 radical (unpaired) electrons. The van der Waals surface area contributed by atoms with Crippen molar-refractivity contribution in [1.29, 1.82) is 0 Å².